The number of carbonyl (C=O) groups is 1. The monoisotopic (exact) mass is 244 g/mol. The van der Waals surface area contributed by atoms with Crippen LogP contribution >= 0.6 is 0 Å². The molecular weight excluding hydrogens is 214 g/mol. The van der Waals surface area contributed by atoms with E-state index in [1.165, 1.54) is 50.4 Å². The second kappa shape index (κ2) is 10.3. The number of hydrogen-bond donors (Lipinski definition) is 1. The van der Waals surface area contributed by atoms with Gasteiger partial charge in [0.1, 0.15) is 0 Å². The van der Waals surface area contributed by atoms with E-state index in [-0.39, 0.29) is 5.57 Å². The maximum absolute atomic E-state index is 9.60. The number of unbranched alkanes of at least 4 members (excludes halogenated alkanes) is 1. The molecule has 0 bridgehead atoms. The maximum atomic E-state index is 9.60. The highest BCUT2D eigenvalue weighted by molar-refractivity contribution is 5.84. The molecule has 102 valence electrons. The molecule has 0 aromatic heterocycles. The molecule has 0 aliphatic heterocycles. The van der Waals surface area contributed by atoms with Gasteiger partial charge in [-0.3, -0.25) is 0 Å². The van der Waals surface area contributed by atoms with Crippen molar-refractivity contribution in [3.05, 3.63) is 12.2 Å². The molecule has 0 aromatic rings. The molecule has 17 heavy (non-hydrogen) atoms. The van der Waals surface area contributed by atoms with Crippen molar-refractivity contribution in [1.82, 2.24) is 0 Å². The van der Waals surface area contributed by atoms with Crippen LogP contribution in [-0.2, 0) is 4.79 Å². The molecule has 0 fully saturated rings. The zero-order chi connectivity index (χ0) is 13.9. The summed E-state index contributed by atoms with van der Waals surface area (Å²) in [5.74, 6) is -0.935. The molecule has 1 N–H and O–H groups in total. The quantitative estimate of drug-likeness (QED) is 0.551. The summed E-state index contributed by atoms with van der Waals surface area (Å²) < 4.78 is 1.31. The van der Waals surface area contributed by atoms with E-state index in [2.05, 4.69) is 34.3 Å². The first kappa shape index (κ1) is 18.5. The van der Waals surface area contributed by atoms with E-state index < -0.39 is 5.97 Å². The van der Waals surface area contributed by atoms with Gasteiger partial charge in [-0.15, -0.1) is 0 Å². The van der Waals surface area contributed by atoms with Gasteiger partial charge in [0, 0.05) is 5.57 Å². The topological polar surface area (TPSA) is 37.3 Å². The summed E-state index contributed by atoms with van der Waals surface area (Å²) in [6.45, 7) is 19.1. The van der Waals surface area contributed by atoms with E-state index in [9.17, 15) is 4.79 Å². The Morgan fingerprint density at radius 2 is 1.47 bits per heavy atom. The van der Waals surface area contributed by atoms with Crippen LogP contribution in [0, 0.1) is 0 Å². The Balaban J connectivity index is 0. The van der Waals surface area contributed by atoms with E-state index in [4.69, 9.17) is 5.11 Å². The van der Waals surface area contributed by atoms with Gasteiger partial charge in [0.15, 0.2) is 0 Å². The standard InChI is InChI=1S/C10H24N.C4H6O2/c1-5-9-10-11(6-2,7-3)8-4;1-3(2)4(5)6/h5-10H2,1-4H3;1H2,2H3,(H,5,6)/q+1;. The van der Waals surface area contributed by atoms with Crippen LogP contribution in [0.15, 0.2) is 12.2 Å². The molecule has 0 aliphatic carbocycles. The third-order valence-electron chi connectivity index (χ3n) is 3.36. The van der Waals surface area contributed by atoms with Gasteiger partial charge in [0.05, 0.1) is 26.2 Å². The molecule has 0 atom stereocenters. The molecule has 0 radical (unpaired) electrons. The molecule has 0 aromatic carbocycles. The molecule has 0 aliphatic rings. The van der Waals surface area contributed by atoms with Crippen LogP contribution in [0.2, 0.25) is 0 Å². The SMILES string of the molecule is C=C(C)C(=O)O.CCCC[N+](CC)(CC)CC. The Morgan fingerprint density at radius 3 is 1.65 bits per heavy atom. The number of quaternary nitrogens is 1. The zero-order valence-corrected chi connectivity index (χ0v) is 12.3. The minimum absolute atomic E-state index is 0.176. The lowest BCUT2D eigenvalue weighted by molar-refractivity contribution is -0.923. The third-order valence-corrected chi connectivity index (χ3v) is 3.36. The molecule has 0 saturated heterocycles. The first-order valence-corrected chi connectivity index (χ1v) is 6.62. The molecule has 0 spiro atoms. The number of nitrogens with zero attached hydrogens (tertiary/aromatic N) is 1. The summed E-state index contributed by atoms with van der Waals surface area (Å²) >= 11 is 0. The summed E-state index contributed by atoms with van der Waals surface area (Å²) in [7, 11) is 0. The lowest BCUT2D eigenvalue weighted by Gasteiger charge is -2.35. The number of carboxylic acids is 1. The number of hydrogen-bond acceptors (Lipinski definition) is 1. The summed E-state index contributed by atoms with van der Waals surface area (Å²) in [6.07, 6.45) is 2.72. The highest BCUT2D eigenvalue weighted by Gasteiger charge is 2.18. The number of carboxylic acid groups (broad SMARTS) is 1. The van der Waals surface area contributed by atoms with Crippen molar-refractivity contribution in [3.8, 4) is 0 Å². The molecule has 0 heterocycles. The summed E-state index contributed by atoms with van der Waals surface area (Å²) in [5.41, 5.74) is 0.176. The first-order valence-electron chi connectivity index (χ1n) is 6.62. The van der Waals surface area contributed by atoms with Gasteiger partial charge in [0.2, 0.25) is 0 Å². The fourth-order valence-corrected chi connectivity index (χ4v) is 1.64. The van der Waals surface area contributed by atoms with Gasteiger partial charge in [-0.2, -0.15) is 0 Å². The minimum Gasteiger partial charge on any atom is -0.478 e. The number of rotatable bonds is 7. The molecule has 0 amide bonds. The molecule has 0 saturated carbocycles. The fraction of sp³-hybridized carbons (Fsp3) is 0.786. The Morgan fingerprint density at radius 1 is 1.12 bits per heavy atom. The van der Waals surface area contributed by atoms with Gasteiger partial charge >= 0.3 is 5.97 Å². The molecule has 3 nitrogen and oxygen atoms in total. The maximum Gasteiger partial charge on any atom is 0.330 e. The fourth-order valence-electron chi connectivity index (χ4n) is 1.64. The largest absolute Gasteiger partial charge is 0.478 e. The van der Waals surface area contributed by atoms with Gasteiger partial charge in [-0.25, -0.2) is 4.79 Å². The van der Waals surface area contributed by atoms with Crippen LogP contribution in [0.5, 0.6) is 0 Å². The van der Waals surface area contributed by atoms with Crippen LogP contribution in [-0.4, -0.2) is 41.7 Å². The number of aliphatic carboxylic acids is 1. The van der Waals surface area contributed by atoms with Gasteiger partial charge < -0.3 is 9.59 Å². The average Bonchev–Trinajstić information content (AvgIpc) is 2.32. The predicted octanol–water partition coefficient (Wildman–Crippen LogP) is 3.31. The first-order chi connectivity index (χ1) is 7.89. The third kappa shape index (κ3) is 8.93. The van der Waals surface area contributed by atoms with Crippen LogP contribution in [0.4, 0.5) is 0 Å². The van der Waals surface area contributed by atoms with E-state index in [0.717, 1.165) is 0 Å². The van der Waals surface area contributed by atoms with Gasteiger partial charge in [-0.05, 0) is 34.1 Å². The highest BCUT2D eigenvalue weighted by atomic mass is 16.4. The van der Waals surface area contributed by atoms with E-state index in [1.54, 1.807) is 0 Å². The Labute approximate surface area is 107 Å². The molecule has 3 heteroatoms. The van der Waals surface area contributed by atoms with Crippen molar-refractivity contribution >= 4 is 5.97 Å². The van der Waals surface area contributed by atoms with Gasteiger partial charge in [-0.1, -0.05) is 19.9 Å². The van der Waals surface area contributed by atoms with Crippen molar-refractivity contribution in [2.45, 2.75) is 47.5 Å². The zero-order valence-electron chi connectivity index (χ0n) is 12.3. The van der Waals surface area contributed by atoms with Crippen molar-refractivity contribution in [1.29, 1.82) is 0 Å². The molecule has 0 unspecified atom stereocenters. The lowest BCUT2D eigenvalue weighted by Crippen LogP contribution is -2.48. The minimum atomic E-state index is -0.935. The highest BCUT2D eigenvalue weighted by Crippen LogP contribution is 2.07. The lowest BCUT2D eigenvalue weighted by atomic mass is 10.2. The van der Waals surface area contributed by atoms with Crippen molar-refractivity contribution in [2.24, 2.45) is 0 Å². The summed E-state index contributed by atoms with van der Waals surface area (Å²) in [6, 6.07) is 0. The Bertz CT molecular complexity index is 200. The van der Waals surface area contributed by atoms with Crippen molar-refractivity contribution in [3.63, 3.8) is 0 Å². The van der Waals surface area contributed by atoms with Crippen molar-refractivity contribution < 1.29 is 14.4 Å². The van der Waals surface area contributed by atoms with E-state index >= 15 is 0 Å². The van der Waals surface area contributed by atoms with Crippen LogP contribution in [0.3, 0.4) is 0 Å². The smallest absolute Gasteiger partial charge is 0.330 e. The Kier molecular flexibility index (Phi) is 11.3. The second-order valence-electron chi connectivity index (χ2n) is 4.45. The van der Waals surface area contributed by atoms with E-state index in [1.807, 2.05) is 0 Å². The van der Waals surface area contributed by atoms with Gasteiger partial charge in [0.25, 0.3) is 0 Å². The molecular formula is C14H30NO2+. The van der Waals surface area contributed by atoms with Crippen molar-refractivity contribution in [2.75, 3.05) is 26.2 Å². The van der Waals surface area contributed by atoms with Crippen LogP contribution in [0.25, 0.3) is 0 Å². The predicted molar refractivity (Wildman–Crippen MR) is 74.1 cm³/mol. The van der Waals surface area contributed by atoms with Crippen LogP contribution in [0.1, 0.15) is 47.5 Å². The normalized spacial score (nSPS) is 10.4. The van der Waals surface area contributed by atoms with Crippen LogP contribution < -0.4 is 0 Å². The average molecular weight is 244 g/mol. The summed E-state index contributed by atoms with van der Waals surface area (Å²) in [4.78, 5) is 9.60. The Hall–Kier alpha value is -0.830. The van der Waals surface area contributed by atoms with E-state index in [0.29, 0.717) is 0 Å². The summed E-state index contributed by atoms with van der Waals surface area (Å²) in [5, 5.41) is 7.89. The second-order valence-corrected chi connectivity index (χ2v) is 4.45. The molecule has 0 rings (SSSR count).